The van der Waals surface area contributed by atoms with Crippen LogP contribution >= 0.6 is 0 Å². The number of amides is 1. The van der Waals surface area contributed by atoms with Crippen LogP contribution in [0.5, 0.6) is 0 Å². The van der Waals surface area contributed by atoms with Crippen LogP contribution in [0.1, 0.15) is 12.8 Å². The first-order valence-corrected chi connectivity index (χ1v) is 7.41. The fourth-order valence-electron chi connectivity index (χ4n) is 2.83. The largest absolute Gasteiger partial charge is 0.368 e. The Labute approximate surface area is 127 Å². The summed E-state index contributed by atoms with van der Waals surface area (Å²) < 4.78 is 5.44. The molecule has 3 rings (SSSR count). The summed E-state index contributed by atoms with van der Waals surface area (Å²) in [6, 6.07) is 3.10. The Bertz CT molecular complexity index is 548. The second kappa shape index (κ2) is 6.27. The second-order valence-corrected chi connectivity index (χ2v) is 5.45. The van der Waals surface area contributed by atoms with Gasteiger partial charge in [0.25, 0.3) is 5.91 Å². The van der Waals surface area contributed by atoms with Crippen molar-refractivity contribution in [2.75, 3.05) is 37.7 Å². The van der Waals surface area contributed by atoms with E-state index in [1.807, 2.05) is 4.90 Å². The van der Waals surface area contributed by atoms with E-state index in [0.717, 1.165) is 18.5 Å². The molecule has 0 N–H and O–H groups in total. The third-order valence-electron chi connectivity index (χ3n) is 4.08. The summed E-state index contributed by atoms with van der Waals surface area (Å²) in [7, 11) is 0. The van der Waals surface area contributed by atoms with Gasteiger partial charge in [-0.3, -0.25) is 4.79 Å². The van der Waals surface area contributed by atoms with Crippen molar-refractivity contribution in [3.63, 3.8) is 0 Å². The highest BCUT2D eigenvalue weighted by atomic mass is 16.6. The first kappa shape index (κ1) is 14.7. The number of rotatable bonds is 3. The van der Waals surface area contributed by atoms with Gasteiger partial charge in [0.05, 0.1) is 5.69 Å². The van der Waals surface area contributed by atoms with Crippen molar-refractivity contribution in [3.8, 4) is 0 Å². The molecule has 2 fully saturated rings. The minimum absolute atomic E-state index is 0.0824. The molecule has 22 heavy (non-hydrogen) atoms. The summed E-state index contributed by atoms with van der Waals surface area (Å²) in [5, 5.41) is 10.6. The Morgan fingerprint density at radius 3 is 2.64 bits per heavy atom. The summed E-state index contributed by atoms with van der Waals surface area (Å²) in [5.41, 5.74) is 0.842. The summed E-state index contributed by atoms with van der Waals surface area (Å²) >= 11 is 0. The molecule has 0 aliphatic carbocycles. The maximum Gasteiger partial charge on any atom is 0.363 e. The normalized spacial score (nSPS) is 21.9. The summed E-state index contributed by atoms with van der Waals surface area (Å²) in [4.78, 5) is 30.1. The molecule has 1 amide bonds. The second-order valence-electron chi connectivity index (χ2n) is 5.45. The first-order valence-electron chi connectivity index (χ1n) is 7.41. The molecule has 8 heteroatoms. The highest BCUT2D eigenvalue weighted by Crippen LogP contribution is 2.20. The fourth-order valence-corrected chi connectivity index (χ4v) is 2.83. The van der Waals surface area contributed by atoms with Gasteiger partial charge in [-0.15, -0.1) is 0 Å². The van der Waals surface area contributed by atoms with Crippen LogP contribution in [0.2, 0.25) is 0 Å². The number of anilines is 1. The van der Waals surface area contributed by atoms with E-state index in [0.29, 0.717) is 32.8 Å². The van der Waals surface area contributed by atoms with Gasteiger partial charge < -0.3 is 24.7 Å². The number of hydrogen-bond donors (Lipinski definition) is 0. The van der Waals surface area contributed by atoms with E-state index < -0.39 is 4.92 Å². The number of nitrogens with zero attached hydrogens (tertiary/aromatic N) is 4. The number of nitro groups is 1. The SMILES string of the molecule is O=C(C1CCCO1)N1CCN(c2ccc([N+](=O)[O-])nc2)CC1. The number of hydrogen-bond acceptors (Lipinski definition) is 6. The van der Waals surface area contributed by atoms with E-state index in [4.69, 9.17) is 4.74 Å². The highest BCUT2D eigenvalue weighted by Gasteiger charge is 2.30. The Morgan fingerprint density at radius 2 is 2.09 bits per heavy atom. The fraction of sp³-hybridized carbons (Fsp3) is 0.571. The van der Waals surface area contributed by atoms with E-state index in [1.54, 1.807) is 6.07 Å². The molecule has 1 aromatic rings. The molecule has 0 radical (unpaired) electrons. The van der Waals surface area contributed by atoms with E-state index in [9.17, 15) is 14.9 Å². The van der Waals surface area contributed by atoms with Gasteiger partial charge in [0.15, 0.2) is 6.20 Å². The van der Waals surface area contributed by atoms with E-state index in [1.165, 1.54) is 12.3 Å². The molecule has 3 heterocycles. The molecule has 1 aromatic heterocycles. The molecule has 1 atom stereocenters. The van der Waals surface area contributed by atoms with E-state index >= 15 is 0 Å². The van der Waals surface area contributed by atoms with Crippen molar-refractivity contribution in [3.05, 3.63) is 28.4 Å². The Balaban J connectivity index is 1.57. The number of carbonyl (C=O) groups is 1. The number of piperazine rings is 1. The Kier molecular flexibility index (Phi) is 4.19. The van der Waals surface area contributed by atoms with Crippen molar-refractivity contribution in [2.45, 2.75) is 18.9 Å². The molecule has 0 spiro atoms. The lowest BCUT2D eigenvalue weighted by Gasteiger charge is -2.36. The highest BCUT2D eigenvalue weighted by molar-refractivity contribution is 5.81. The van der Waals surface area contributed by atoms with Crippen molar-refractivity contribution in [1.29, 1.82) is 0 Å². The van der Waals surface area contributed by atoms with Gasteiger partial charge in [-0.25, -0.2) is 0 Å². The average Bonchev–Trinajstić information content (AvgIpc) is 3.09. The lowest BCUT2D eigenvalue weighted by Crippen LogP contribution is -2.51. The van der Waals surface area contributed by atoms with Crippen LogP contribution < -0.4 is 4.90 Å². The molecule has 8 nitrogen and oxygen atoms in total. The van der Waals surface area contributed by atoms with E-state index in [2.05, 4.69) is 9.88 Å². The number of pyridine rings is 1. The lowest BCUT2D eigenvalue weighted by molar-refractivity contribution is -0.389. The van der Waals surface area contributed by atoms with E-state index in [-0.39, 0.29) is 17.8 Å². The monoisotopic (exact) mass is 306 g/mol. The summed E-state index contributed by atoms with van der Waals surface area (Å²) in [5.74, 6) is -0.0741. The van der Waals surface area contributed by atoms with Gasteiger partial charge in [0.1, 0.15) is 6.10 Å². The predicted octanol–water partition coefficient (Wildman–Crippen LogP) is 0.817. The number of carbonyl (C=O) groups excluding carboxylic acids is 1. The molecule has 118 valence electrons. The van der Waals surface area contributed by atoms with Crippen LogP contribution in [-0.4, -0.2) is 59.6 Å². The molecule has 2 aliphatic heterocycles. The molecular formula is C14H18N4O4. The van der Waals surface area contributed by atoms with Crippen LogP contribution in [0.3, 0.4) is 0 Å². The maximum absolute atomic E-state index is 12.3. The van der Waals surface area contributed by atoms with Crippen LogP contribution in [0, 0.1) is 10.1 Å². The standard InChI is InChI=1S/C14H18N4O4/c19-14(12-2-1-9-22-12)17-7-5-16(6-8-17)11-3-4-13(15-10-11)18(20)21/h3-4,10,12H,1-2,5-9H2. The van der Waals surface area contributed by atoms with Gasteiger partial charge >= 0.3 is 5.82 Å². The quantitative estimate of drug-likeness (QED) is 0.606. The smallest absolute Gasteiger partial charge is 0.363 e. The molecule has 1 unspecified atom stereocenters. The van der Waals surface area contributed by atoms with Crippen LogP contribution in [0.25, 0.3) is 0 Å². The first-order chi connectivity index (χ1) is 10.6. The summed E-state index contributed by atoms with van der Waals surface area (Å²) in [6.45, 7) is 3.33. The van der Waals surface area contributed by atoms with Crippen molar-refractivity contribution in [1.82, 2.24) is 9.88 Å². The minimum Gasteiger partial charge on any atom is -0.368 e. The van der Waals surface area contributed by atoms with Crippen LogP contribution in [0.4, 0.5) is 11.5 Å². The lowest BCUT2D eigenvalue weighted by atomic mass is 10.2. The zero-order chi connectivity index (χ0) is 15.5. The molecule has 2 aliphatic rings. The van der Waals surface area contributed by atoms with Gasteiger partial charge in [0.2, 0.25) is 0 Å². The van der Waals surface area contributed by atoms with Gasteiger partial charge in [-0.2, -0.15) is 0 Å². The molecular weight excluding hydrogens is 288 g/mol. The van der Waals surface area contributed by atoms with Gasteiger partial charge in [-0.05, 0) is 28.8 Å². The minimum atomic E-state index is -0.512. The molecule has 2 saturated heterocycles. The van der Waals surface area contributed by atoms with Gasteiger partial charge in [-0.1, -0.05) is 0 Å². The number of ether oxygens (including phenoxy) is 1. The van der Waals surface area contributed by atoms with Crippen LogP contribution in [0.15, 0.2) is 18.3 Å². The average molecular weight is 306 g/mol. The molecule has 0 aromatic carbocycles. The zero-order valence-corrected chi connectivity index (χ0v) is 12.2. The third-order valence-corrected chi connectivity index (χ3v) is 4.08. The maximum atomic E-state index is 12.3. The summed E-state index contributed by atoms with van der Waals surface area (Å²) in [6.07, 6.45) is 3.00. The van der Waals surface area contributed by atoms with Crippen LogP contribution in [-0.2, 0) is 9.53 Å². The molecule has 0 saturated carbocycles. The Morgan fingerprint density at radius 1 is 1.32 bits per heavy atom. The number of aromatic nitrogens is 1. The Hall–Kier alpha value is -2.22. The third kappa shape index (κ3) is 3.01. The topological polar surface area (TPSA) is 88.8 Å². The zero-order valence-electron chi connectivity index (χ0n) is 12.2. The van der Waals surface area contributed by atoms with Crippen molar-refractivity contribution < 1.29 is 14.5 Å². The van der Waals surface area contributed by atoms with Crippen molar-refractivity contribution in [2.24, 2.45) is 0 Å². The molecule has 0 bridgehead atoms. The predicted molar refractivity (Wildman–Crippen MR) is 78.7 cm³/mol. The van der Waals surface area contributed by atoms with Crippen molar-refractivity contribution >= 4 is 17.4 Å². The van der Waals surface area contributed by atoms with Gasteiger partial charge in [0, 0.05) is 38.9 Å².